The molecule has 0 amide bonds. The highest BCUT2D eigenvalue weighted by molar-refractivity contribution is 5.72. The Hall–Kier alpha value is -2.52. The summed E-state index contributed by atoms with van der Waals surface area (Å²) in [7, 11) is 0. The van der Waals surface area contributed by atoms with Crippen LogP contribution in [0, 0.1) is 0 Å². The summed E-state index contributed by atoms with van der Waals surface area (Å²) in [5.74, 6) is -2.00. The molecule has 0 heterocycles. The molecule has 0 aliphatic heterocycles. The number of nitrogens with zero attached hydrogens (tertiary/aromatic N) is 2. The van der Waals surface area contributed by atoms with E-state index < -0.39 is 23.9 Å². The summed E-state index contributed by atoms with van der Waals surface area (Å²) in [6, 6.07) is 0. The van der Waals surface area contributed by atoms with Gasteiger partial charge in [-0.3, -0.25) is 29.0 Å². The third-order valence-corrected chi connectivity index (χ3v) is 6.46. The van der Waals surface area contributed by atoms with Gasteiger partial charge in [-0.2, -0.15) is 0 Å². The van der Waals surface area contributed by atoms with Gasteiger partial charge in [0.25, 0.3) is 0 Å². The van der Waals surface area contributed by atoms with Gasteiger partial charge in [-0.1, -0.05) is 0 Å². The minimum absolute atomic E-state index is 0.0990. The number of carbonyl (C=O) groups excluding carboxylic acids is 4. The van der Waals surface area contributed by atoms with Gasteiger partial charge >= 0.3 is 23.9 Å². The fourth-order valence-electron chi connectivity index (χ4n) is 4.32. The fourth-order valence-corrected chi connectivity index (χ4v) is 4.32. The Bertz CT molecular complexity index is 742. The Morgan fingerprint density at radius 3 is 0.812 bits per heavy atom. The third-order valence-electron chi connectivity index (χ3n) is 6.46. The summed E-state index contributed by atoms with van der Waals surface area (Å²) in [5.41, 5.74) is 21.1. The van der Waals surface area contributed by atoms with Crippen LogP contribution < -0.4 is 22.9 Å². The number of nitrogens with two attached hydrogens (primary N) is 4. The van der Waals surface area contributed by atoms with Crippen molar-refractivity contribution in [1.29, 1.82) is 0 Å². The maximum atomic E-state index is 11.3. The second-order valence-corrected chi connectivity index (χ2v) is 10.9. The van der Waals surface area contributed by atoms with Crippen LogP contribution in [0.25, 0.3) is 0 Å². The zero-order valence-electron chi connectivity index (χ0n) is 29.1. The zero-order chi connectivity index (χ0) is 36.2. The first-order valence-electron chi connectivity index (χ1n) is 16.3. The lowest BCUT2D eigenvalue weighted by Gasteiger charge is -2.33. The molecule has 0 radical (unpaired) electrons. The van der Waals surface area contributed by atoms with Gasteiger partial charge in [0.2, 0.25) is 0 Å². The number of rotatable bonds is 31. The number of carbonyl (C=O) groups is 4. The molecule has 0 spiro atoms. The summed E-state index contributed by atoms with van der Waals surface area (Å²) in [5, 5.41) is 0. The topological polar surface area (TPSA) is 253 Å². The van der Waals surface area contributed by atoms with E-state index in [0.29, 0.717) is 39.3 Å². The Labute approximate surface area is 284 Å². The summed E-state index contributed by atoms with van der Waals surface area (Å²) in [4.78, 5) is 49.6. The summed E-state index contributed by atoms with van der Waals surface area (Å²) >= 11 is 0. The van der Waals surface area contributed by atoms with E-state index in [0.717, 1.165) is 0 Å². The van der Waals surface area contributed by atoms with Crippen molar-refractivity contribution in [3.8, 4) is 0 Å². The van der Waals surface area contributed by atoms with Crippen molar-refractivity contribution < 1.29 is 57.1 Å². The standard InChI is InChI=1S/C30H60N6O12/c1-23(41-7-11-45-27(37)15-31)19-35(20-24(2)42-8-12-46-28(38)16-32)5-6-36(21-25(3)43-9-13-47-29(39)17-33)22-26(4)44-10-14-48-30(40)18-34/h23-26H,5-22,31-34H2,1-4H3. The molecule has 0 aromatic carbocycles. The van der Waals surface area contributed by atoms with E-state index in [2.05, 4.69) is 9.80 Å². The van der Waals surface area contributed by atoms with Crippen LogP contribution in [0.2, 0.25) is 0 Å². The highest BCUT2D eigenvalue weighted by Crippen LogP contribution is 2.07. The Balaban J connectivity index is 5.37. The van der Waals surface area contributed by atoms with Gasteiger partial charge in [0.05, 0.1) is 77.0 Å². The Morgan fingerprint density at radius 2 is 0.625 bits per heavy atom. The van der Waals surface area contributed by atoms with Gasteiger partial charge in [0.15, 0.2) is 0 Å². The molecule has 4 atom stereocenters. The Kier molecular flexibility index (Phi) is 27.9. The van der Waals surface area contributed by atoms with Crippen LogP contribution in [-0.4, -0.2) is 176 Å². The molecule has 18 nitrogen and oxygen atoms in total. The molecule has 48 heavy (non-hydrogen) atoms. The smallest absolute Gasteiger partial charge is 0.319 e. The van der Waals surface area contributed by atoms with Crippen LogP contribution in [0.3, 0.4) is 0 Å². The van der Waals surface area contributed by atoms with E-state index >= 15 is 0 Å². The van der Waals surface area contributed by atoms with Crippen LogP contribution in [0.1, 0.15) is 27.7 Å². The molecular formula is C30H60N6O12. The highest BCUT2D eigenvalue weighted by atomic mass is 16.6. The summed E-state index contributed by atoms with van der Waals surface area (Å²) in [6.45, 7) is 11.6. The van der Waals surface area contributed by atoms with Crippen molar-refractivity contribution in [1.82, 2.24) is 9.80 Å². The zero-order valence-corrected chi connectivity index (χ0v) is 29.1. The van der Waals surface area contributed by atoms with E-state index in [-0.39, 0.29) is 103 Å². The molecule has 0 fully saturated rings. The number of ether oxygens (including phenoxy) is 8. The molecule has 0 bridgehead atoms. The number of esters is 4. The lowest BCUT2D eigenvalue weighted by Crippen LogP contribution is -2.46. The maximum Gasteiger partial charge on any atom is 0.319 e. The van der Waals surface area contributed by atoms with Crippen molar-refractivity contribution >= 4 is 23.9 Å². The van der Waals surface area contributed by atoms with Crippen molar-refractivity contribution in [2.24, 2.45) is 22.9 Å². The first-order valence-corrected chi connectivity index (χ1v) is 16.3. The maximum absolute atomic E-state index is 11.3. The minimum Gasteiger partial charge on any atom is -0.462 e. The van der Waals surface area contributed by atoms with Gasteiger partial charge in [0.1, 0.15) is 26.4 Å². The van der Waals surface area contributed by atoms with E-state index in [9.17, 15) is 19.2 Å². The molecule has 4 unspecified atom stereocenters. The van der Waals surface area contributed by atoms with Crippen molar-refractivity contribution in [3.05, 3.63) is 0 Å². The van der Waals surface area contributed by atoms with Crippen LogP contribution >= 0.6 is 0 Å². The third kappa shape index (κ3) is 26.4. The molecule has 0 aromatic heterocycles. The number of hydrogen-bond acceptors (Lipinski definition) is 18. The van der Waals surface area contributed by atoms with Gasteiger partial charge in [-0.25, -0.2) is 0 Å². The fraction of sp³-hybridized carbons (Fsp3) is 0.867. The SMILES string of the molecule is CC(CN(CCN(CC(C)OCCOC(=O)CN)CC(C)OCCOC(=O)CN)CC(C)OCCOC(=O)CN)OCCOC(=O)CN. The average Bonchev–Trinajstić information content (AvgIpc) is 3.06. The molecule has 18 heteroatoms. The molecule has 0 saturated heterocycles. The van der Waals surface area contributed by atoms with E-state index in [1.165, 1.54) is 0 Å². The second-order valence-electron chi connectivity index (χ2n) is 10.9. The molecular weight excluding hydrogens is 636 g/mol. The van der Waals surface area contributed by atoms with Crippen LogP contribution in [0.5, 0.6) is 0 Å². The van der Waals surface area contributed by atoms with Crippen LogP contribution in [0.4, 0.5) is 0 Å². The van der Waals surface area contributed by atoms with Gasteiger partial charge < -0.3 is 60.8 Å². The number of hydrogen-bond donors (Lipinski definition) is 4. The summed E-state index contributed by atoms with van der Waals surface area (Å²) in [6.07, 6.45) is -0.816. The van der Waals surface area contributed by atoms with Gasteiger partial charge in [0, 0.05) is 39.3 Å². The van der Waals surface area contributed by atoms with E-state index in [1.807, 2.05) is 27.7 Å². The highest BCUT2D eigenvalue weighted by Gasteiger charge is 2.20. The largest absolute Gasteiger partial charge is 0.462 e. The van der Waals surface area contributed by atoms with Crippen molar-refractivity contribution in [2.45, 2.75) is 52.1 Å². The summed E-state index contributed by atoms with van der Waals surface area (Å²) < 4.78 is 43.5. The first-order chi connectivity index (χ1) is 22.9. The molecule has 282 valence electrons. The van der Waals surface area contributed by atoms with Gasteiger partial charge in [-0.15, -0.1) is 0 Å². The molecule has 0 aliphatic rings. The van der Waals surface area contributed by atoms with Gasteiger partial charge in [-0.05, 0) is 27.7 Å². The van der Waals surface area contributed by atoms with Crippen molar-refractivity contribution in [2.75, 3.05) is 118 Å². The van der Waals surface area contributed by atoms with Crippen LogP contribution in [-0.2, 0) is 57.1 Å². The molecule has 0 rings (SSSR count). The molecule has 0 aromatic rings. The predicted octanol–water partition coefficient (Wildman–Crippen LogP) is -2.78. The second kappa shape index (κ2) is 29.4. The lowest BCUT2D eigenvalue weighted by atomic mass is 10.2. The Morgan fingerprint density at radius 1 is 0.417 bits per heavy atom. The van der Waals surface area contributed by atoms with E-state index in [4.69, 9.17) is 60.8 Å². The van der Waals surface area contributed by atoms with Crippen LogP contribution in [0.15, 0.2) is 0 Å². The normalized spacial score (nSPS) is 14.0. The van der Waals surface area contributed by atoms with E-state index in [1.54, 1.807) is 0 Å². The average molecular weight is 697 g/mol. The quantitative estimate of drug-likeness (QED) is 0.0325. The minimum atomic E-state index is -0.499. The monoisotopic (exact) mass is 696 g/mol. The molecule has 8 N–H and O–H groups in total. The first kappa shape index (κ1) is 45.5. The molecule has 0 saturated carbocycles. The molecule has 0 aliphatic carbocycles. The predicted molar refractivity (Wildman–Crippen MR) is 175 cm³/mol. The van der Waals surface area contributed by atoms with Crippen molar-refractivity contribution in [3.63, 3.8) is 0 Å². The lowest BCUT2D eigenvalue weighted by molar-refractivity contribution is -0.145.